The number of aryl methyl sites for hydroxylation is 1. The summed E-state index contributed by atoms with van der Waals surface area (Å²) in [6.07, 6.45) is 1.13. The minimum atomic E-state index is 0.0231. The van der Waals surface area contributed by atoms with Gasteiger partial charge in [-0.1, -0.05) is 12.1 Å². The third-order valence-corrected chi connectivity index (χ3v) is 3.79. The second-order valence-electron chi connectivity index (χ2n) is 4.56. The summed E-state index contributed by atoms with van der Waals surface area (Å²) in [4.78, 5) is 18.3. The summed E-state index contributed by atoms with van der Waals surface area (Å²) in [5, 5.41) is 4.96. The van der Waals surface area contributed by atoms with Gasteiger partial charge in [0.25, 0.3) is 0 Å². The molecule has 0 saturated carbocycles. The van der Waals surface area contributed by atoms with Crippen LogP contribution in [0.4, 0.5) is 11.4 Å². The van der Waals surface area contributed by atoms with Crippen LogP contribution in [0, 0.1) is 0 Å². The van der Waals surface area contributed by atoms with Crippen LogP contribution in [0.3, 0.4) is 0 Å². The van der Waals surface area contributed by atoms with E-state index in [0.717, 1.165) is 23.6 Å². The van der Waals surface area contributed by atoms with Gasteiger partial charge in [0.05, 0.1) is 22.6 Å². The zero-order valence-corrected chi connectivity index (χ0v) is 12.6. The van der Waals surface area contributed by atoms with E-state index in [2.05, 4.69) is 22.1 Å². The van der Waals surface area contributed by atoms with Crippen molar-refractivity contribution in [2.45, 2.75) is 19.8 Å². The molecule has 0 aliphatic rings. The third kappa shape index (κ3) is 3.81. The molecule has 0 atom stereocenters. The van der Waals surface area contributed by atoms with Crippen LogP contribution in [0.15, 0.2) is 35.2 Å². The van der Waals surface area contributed by atoms with Gasteiger partial charge in [-0.2, -0.15) is 0 Å². The fourth-order valence-electron chi connectivity index (χ4n) is 1.90. The van der Waals surface area contributed by atoms with Gasteiger partial charge < -0.3 is 10.2 Å². The van der Waals surface area contributed by atoms with Crippen LogP contribution in [0.1, 0.15) is 19.0 Å². The van der Waals surface area contributed by atoms with Gasteiger partial charge in [0.2, 0.25) is 5.91 Å². The molecule has 4 nitrogen and oxygen atoms in total. The number of nitrogens with one attached hydrogen (secondary N) is 1. The number of benzene rings is 1. The smallest absolute Gasteiger partial charge is 0.224 e. The molecule has 1 amide bonds. The number of nitrogens with zero attached hydrogens (tertiary/aromatic N) is 2. The van der Waals surface area contributed by atoms with Crippen molar-refractivity contribution in [1.82, 2.24) is 4.98 Å². The van der Waals surface area contributed by atoms with Gasteiger partial charge in [-0.3, -0.25) is 4.79 Å². The zero-order chi connectivity index (χ0) is 14.4. The van der Waals surface area contributed by atoms with Crippen molar-refractivity contribution in [1.29, 1.82) is 0 Å². The van der Waals surface area contributed by atoms with E-state index in [4.69, 9.17) is 0 Å². The molecule has 1 aromatic heterocycles. The lowest BCUT2D eigenvalue weighted by atomic mass is 10.2. The van der Waals surface area contributed by atoms with Gasteiger partial charge in [-0.25, -0.2) is 4.98 Å². The summed E-state index contributed by atoms with van der Waals surface area (Å²) in [6.45, 7) is 2.98. The minimum absolute atomic E-state index is 0.0231. The number of carbonyl (C=O) groups excluding carboxylic acids is 1. The Bertz CT molecular complexity index is 554. The highest BCUT2D eigenvalue weighted by Gasteiger charge is 2.09. The van der Waals surface area contributed by atoms with Crippen molar-refractivity contribution in [2.24, 2.45) is 0 Å². The lowest BCUT2D eigenvalue weighted by Gasteiger charge is -2.20. The molecule has 0 radical (unpaired) electrons. The highest BCUT2D eigenvalue weighted by Crippen LogP contribution is 2.24. The van der Waals surface area contributed by atoms with Crippen molar-refractivity contribution in [3.05, 3.63) is 40.8 Å². The normalized spacial score (nSPS) is 10.3. The van der Waals surface area contributed by atoms with Gasteiger partial charge >= 0.3 is 0 Å². The second kappa shape index (κ2) is 7.05. The number of aromatic nitrogens is 1. The number of amides is 1. The van der Waals surface area contributed by atoms with E-state index in [-0.39, 0.29) is 5.91 Å². The first kappa shape index (κ1) is 14.5. The molecule has 1 heterocycles. The standard InChI is InChI=1S/C15H19N3OS/c1-3-18(2)14-7-5-4-6-13(14)17-15(19)9-8-12-10-20-11-16-12/h4-7,10-11H,3,8-9H2,1-2H3,(H,17,19). The molecular formula is C15H19N3OS. The number of hydrogen-bond acceptors (Lipinski definition) is 4. The highest BCUT2D eigenvalue weighted by molar-refractivity contribution is 7.07. The first-order chi connectivity index (χ1) is 9.70. The Kier molecular flexibility index (Phi) is 5.12. The molecule has 2 rings (SSSR count). The van der Waals surface area contributed by atoms with Crippen molar-refractivity contribution in [3.8, 4) is 0 Å². The summed E-state index contributed by atoms with van der Waals surface area (Å²) < 4.78 is 0. The molecule has 0 aliphatic heterocycles. The van der Waals surface area contributed by atoms with Crippen molar-refractivity contribution in [2.75, 3.05) is 23.8 Å². The van der Waals surface area contributed by atoms with Crippen LogP contribution < -0.4 is 10.2 Å². The maximum atomic E-state index is 12.0. The number of para-hydroxylation sites is 2. The molecule has 0 saturated heterocycles. The van der Waals surface area contributed by atoms with Crippen LogP contribution in [0.25, 0.3) is 0 Å². The second-order valence-corrected chi connectivity index (χ2v) is 5.28. The summed E-state index contributed by atoms with van der Waals surface area (Å²) in [6, 6.07) is 7.86. The van der Waals surface area contributed by atoms with E-state index >= 15 is 0 Å². The monoisotopic (exact) mass is 289 g/mol. The maximum absolute atomic E-state index is 12.0. The van der Waals surface area contributed by atoms with Gasteiger partial charge in [0.15, 0.2) is 0 Å². The number of hydrogen-bond donors (Lipinski definition) is 1. The third-order valence-electron chi connectivity index (χ3n) is 3.16. The average molecular weight is 289 g/mol. The lowest BCUT2D eigenvalue weighted by Crippen LogP contribution is -2.20. The Morgan fingerprint density at radius 1 is 1.40 bits per heavy atom. The van der Waals surface area contributed by atoms with Crippen LogP contribution in [-0.2, 0) is 11.2 Å². The molecule has 0 spiro atoms. The first-order valence-electron chi connectivity index (χ1n) is 6.67. The van der Waals surface area contributed by atoms with E-state index < -0.39 is 0 Å². The van der Waals surface area contributed by atoms with Crippen molar-refractivity contribution in [3.63, 3.8) is 0 Å². The molecule has 0 aliphatic carbocycles. The van der Waals surface area contributed by atoms with Crippen LogP contribution in [0.2, 0.25) is 0 Å². The summed E-state index contributed by atoms with van der Waals surface area (Å²) in [5.74, 6) is 0.0231. The predicted octanol–water partition coefficient (Wildman–Crippen LogP) is 3.17. The number of thiazole rings is 1. The molecular weight excluding hydrogens is 270 g/mol. The van der Waals surface area contributed by atoms with E-state index in [1.165, 1.54) is 0 Å². The number of rotatable bonds is 6. The Hall–Kier alpha value is -1.88. The predicted molar refractivity (Wildman–Crippen MR) is 84.5 cm³/mol. The van der Waals surface area contributed by atoms with Crippen LogP contribution in [0.5, 0.6) is 0 Å². The molecule has 0 unspecified atom stereocenters. The minimum Gasteiger partial charge on any atom is -0.373 e. The summed E-state index contributed by atoms with van der Waals surface area (Å²) in [5.41, 5.74) is 4.67. The SMILES string of the molecule is CCN(C)c1ccccc1NC(=O)CCc1cscn1. The van der Waals surface area contributed by atoms with Gasteiger partial charge in [0.1, 0.15) is 0 Å². The lowest BCUT2D eigenvalue weighted by molar-refractivity contribution is -0.116. The molecule has 1 aromatic carbocycles. The molecule has 0 bridgehead atoms. The summed E-state index contributed by atoms with van der Waals surface area (Å²) >= 11 is 1.56. The molecule has 5 heteroatoms. The topological polar surface area (TPSA) is 45.2 Å². The van der Waals surface area contributed by atoms with E-state index in [1.807, 2.05) is 36.7 Å². The maximum Gasteiger partial charge on any atom is 0.224 e. The Morgan fingerprint density at radius 3 is 2.90 bits per heavy atom. The van der Waals surface area contributed by atoms with Crippen molar-refractivity contribution >= 4 is 28.6 Å². The largest absolute Gasteiger partial charge is 0.373 e. The number of anilines is 2. The highest BCUT2D eigenvalue weighted by atomic mass is 32.1. The Labute approximate surface area is 123 Å². The molecule has 106 valence electrons. The quantitative estimate of drug-likeness (QED) is 0.888. The van der Waals surface area contributed by atoms with Gasteiger partial charge in [0, 0.05) is 25.4 Å². The Balaban J connectivity index is 1.97. The molecule has 2 aromatic rings. The molecule has 1 N–H and O–H groups in total. The van der Waals surface area contributed by atoms with Gasteiger partial charge in [-0.15, -0.1) is 11.3 Å². The van der Waals surface area contributed by atoms with E-state index in [1.54, 1.807) is 16.8 Å². The van der Waals surface area contributed by atoms with Crippen LogP contribution >= 0.6 is 11.3 Å². The number of carbonyl (C=O) groups is 1. The average Bonchev–Trinajstić information content (AvgIpc) is 2.98. The van der Waals surface area contributed by atoms with Crippen molar-refractivity contribution < 1.29 is 4.79 Å². The van der Waals surface area contributed by atoms with E-state index in [0.29, 0.717) is 12.8 Å². The fourth-order valence-corrected chi connectivity index (χ4v) is 2.49. The molecule has 20 heavy (non-hydrogen) atoms. The first-order valence-corrected chi connectivity index (χ1v) is 7.62. The zero-order valence-electron chi connectivity index (χ0n) is 11.8. The molecule has 0 fully saturated rings. The fraction of sp³-hybridized carbons (Fsp3) is 0.333. The van der Waals surface area contributed by atoms with Crippen LogP contribution in [-0.4, -0.2) is 24.5 Å². The summed E-state index contributed by atoms with van der Waals surface area (Å²) in [7, 11) is 2.01. The Morgan fingerprint density at radius 2 is 2.20 bits per heavy atom. The van der Waals surface area contributed by atoms with Gasteiger partial charge in [-0.05, 0) is 25.5 Å². The van der Waals surface area contributed by atoms with E-state index in [9.17, 15) is 4.79 Å².